The Kier molecular flexibility index (Phi) is 5.19. The number of rotatable bonds is 5. The number of benzene rings is 1. The molecule has 106 valence electrons. The van der Waals surface area contributed by atoms with Crippen LogP contribution in [0.1, 0.15) is 16.7 Å². The van der Waals surface area contributed by atoms with Gasteiger partial charge >= 0.3 is 0 Å². The second-order valence-corrected chi connectivity index (χ2v) is 5.13. The summed E-state index contributed by atoms with van der Waals surface area (Å²) in [6.07, 6.45) is 0. The Labute approximate surface area is 116 Å². The van der Waals surface area contributed by atoms with E-state index in [2.05, 4.69) is 41.5 Å². The van der Waals surface area contributed by atoms with Gasteiger partial charge in [0, 0.05) is 39.4 Å². The number of ether oxygens (including phenoxy) is 1. The SMILES string of the molecule is COc1ccc(CNCN2CCNCC2)c(C)c1C. The molecule has 1 aliphatic rings. The highest BCUT2D eigenvalue weighted by atomic mass is 16.5. The molecule has 0 radical (unpaired) electrons. The van der Waals surface area contributed by atoms with E-state index in [1.54, 1.807) is 7.11 Å². The lowest BCUT2D eigenvalue weighted by Crippen LogP contribution is -2.46. The van der Waals surface area contributed by atoms with E-state index >= 15 is 0 Å². The van der Waals surface area contributed by atoms with E-state index in [1.165, 1.54) is 16.7 Å². The van der Waals surface area contributed by atoms with Crippen LogP contribution < -0.4 is 15.4 Å². The van der Waals surface area contributed by atoms with Crippen LogP contribution in [-0.2, 0) is 6.54 Å². The highest BCUT2D eigenvalue weighted by Gasteiger charge is 2.09. The lowest BCUT2D eigenvalue weighted by Gasteiger charge is -2.27. The molecule has 0 atom stereocenters. The summed E-state index contributed by atoms with van der Waals surface area (Å²) in [5.74, 6) is 0.975. The zero-order valence-electron chi connectivity index (χ0n) is 12.3. The van der Waals surface area contributed by atoms with Gasteiger partial charge in [-0.15, -0.1) is 0 Å². The third-order valence-corrected chi connectivity index (χ3v) is 3.93. The third kappa shape index (κ3) is 3.69. The summed E-state index contributed by atoms with van der Waals surface area (Å²) in [6.45, 7) is 10.6. The molecule has 19 heavy (non-hydrogen) atoms. The van der Waals surface area contributed by atoms with Gasteiger partial charge in [-0.2, -0.15) is 0 Å². The fourth-order valence-electron chi connectivity index (χ4n) is 2.48. The van der Waals surface area contributed by atoms with Gasteiger partial charge in [-0.05, 0) is 36.6 Å². The predicted molar refractivity (Wildman–Crippen MR) is 78.6 cm³/mol. The van der Waals surface area contributed by atoms with Crippen LogP contribution in [0.25, 0.3) is 0 Å². The average Bonchev–Trinajstić information content (AvgIpc) is 2.45. The summed E-state index contributed by atoms with van der Waals surface area (Å²) in [4.78, 5) is 2.45. The van der Waals surface area contributed by atoms with Crippen LogP contribution in [0.3, 0.4) is 0 Å². The fourth-order valence-corrected chi connectivity index (χ4v) is 2.48. The van der Waals surface area contributed by atoms with Crippen molar-refractivity contribution in [1.82, 2.24) is 15.5 Å². The van der Waals surface area contributed by atoms with Crippen LogP contribution in [0.4, 0.5) is 0 Å². The summed E-state index contributed by atoms with van der Waals surface area (Å²) in [7, 11) is 1.73. The fraction of sp³-hybridized carbons (Fsp3) is 0.600. The highest BCUT2D eigenvalue weighted by molar-refractivity contribution is 5.43. The molecule has 0 aliphatic carbocycles. The molecule has 2 N–H and O–H groups in total. The smallest absolute Gasteiger partial charge is 0.122 e. The van der Waals surface area contributed by atoms with E-state index < -0.39 is 0 Å². The molecule has 0 amide bonds. The van der Waals surface area contributed by atoms with Gasteiger partial charge in [-0.25, -0.2) is 0 Å². The minimum Gasteiger partial charge on any atom is -0.496 e. The summed E-state index contributed by atoms with van der Waals surface area (Å²) in [5, 5.41) is 6.90. The molecule has 4 heteroatoms. The van der Waals surface area contributed by atoms with Gasteiger partial charge in [-0.1, -0.05) is 6.07 Å². The first-order valence-electron chi connectivity index (χ1n) is 6.99. The number of piperazine rings is 1. The maximum absolute atomic E-state index is 5.34. The lowest BCUT2D eigenvalue weighted by molar-refractivity contribution is 0.223. The van der Waals surface area contributed by atoms with Crippen molar-refractivity contribution in [2.75, 3.05) is 40.0 Å². The first-order valence-corrected chi connectivity index (χ1v) is 6.99. The number of hydrogen-bond donors (Lipinski definition) is 2. The summed E-state index contributed by atoms with van der Waals surface area (Å²) < 4.78 is 5.34. The Morgan fingerprint density at radius 1 is 1.21 bits per heavy atom. The molecular formula is C15H25N3O. The summed E-state index contributed by atoms with van der Waals surface area (Å²) >= 11 is 0. The van der Waals surface area contributed by atoms with Gasteiger partial charge in [0.25, 0.3) is 0 Å². The van der Waals surface area contributed by atoms with Crippen molar-refractivity contribution in [2.24, 2.45) is 0 Å². The molecule has 1 aliphatic heterocycles. The molecule has 2 rings (SSSR count). The zero-order chi connectivity index (χ0) is 13.7. The Bertz CT molecular complexity index is 414. The quantitative estimate of drug-likeness (QED) is 0.839. The van der Waals surface area contributed by atoms with E-state index in [-0.39, 0.29) is 0 Å². The number of methoxy groups -OCH3 is 1. The van der Waals surface area contributed by atoms with E-state index in [4.69, 9.17) is 4.74 Å². The lowest BCUT2D eigenvalue weighted by atomic mass is 10.0. The Morgan fingerprint density at radius 3 is 2.63 bits per heavy atom. The van der Waals surface area contributed by atoms with Crippen molar-refractivity contribution in [3.63, 3.8) is 0 Å². The zero-order valence-corrected chi connectivity index (χ0v) is 12.3. The van der Waals surface area contributed by atoms with Crippen LogP contribution >= 0.6 is 0 Å². The van der Waals surface area contributed by atoms with Crippen LogP contribution in [0.15, 0.2) is 12.1 Å². The van der Waals surface area contributed by atoms with Gasteiger partial charge in [0.2, 0.25) is 0 Å². The third-order valence-electron chi connectivity index (χ3n) is 3.93. The number of nitrogens with zero attached hydrogens (tertiary/aromatic N) is 1. The molecule has 4 nitrogen and oxygen atoms in total. The maximum atomic E-state index is 5.34. The predicted octanol–water partition coefficient (Wildman–Crippen LogP) is 1.26. The average molecular weight is 263 g/mol. The molecule has 1 aromatic carbocycles. The van der Waals surface area contributed by atoms with Crippen molar-refractivity contribution in [3.05, 3.63) is 28.8 Å². The number of nitrogens with one attached hydrogen (secondary N) is 2. The van der Waals surface area contributed by atoms with Crippen LogP contribution in [0.2, 0.25) is 0 Å². The standard InChI is InChI=1S/C15H25N3O/c1-12-13(2)15(19-3)5-4-14(12)10-17-11-18-8-6-16-7-9-18/h4-5,16-17H,6-11H2,1-3H3. The Morgan fingerprint density at radius 2 is 1.95 bits per heavy atom. The molecule has 0 aromatic heterocycles. The van der Waals surface area contributed by atoms with Gasteiger partial charge in [0.15, 0.2) is 0 Å². The normalized spacial score (nSPS) is 16.6. The minimum atomic E-state index is 0.917. The van der Waals surface area contributed by atoms with Crippen molar-refractivity contribution in [3.8, 4) is 5.75 Å². The molecule has 1 fully saturated rings. The monoisotopic (exact) mass is 263 g/mol. The minimum absolute atomic E-state index is 0.917. The van der Waals surface area contributed by atoms with Gasteiger partial charge in [0.05, 0.1) is 7.11 Å². The molecule has 0 spiro atoms. The Balaban J connectivity index is 1.87. The largest absolute Gasteiger partial charge is 0.496 e. The first kappa shape index (κ1) is 14.3. The van der Waals surface area contributed by atoms with E-state index in [1.807, 2.05) is 0 Å². The molecule has 1 aromatic rings. The number of hydrogen-bond acceptors (Lipinski definition) is 4. The van der Waals surface area contributed by atoms with Crippen molar-refractivity contribution >= 4 is 0 Å². The summed E-state index contributed by atoms with van der Waals surface area (Å²) in [5.41, 5.74) is 3.92. The van der Waals surface area contributed by atoms with Crippen LogP contribution in [-0.4, -0.2) is 44.9 Å². The topological polar surface area (TPSA) is 36.5 Å². The van der Waals surface area contributed by atoms with E-state index in [0.717, 1.165) is 45.1 Å². The van der Waals surface area contributed by atoms with Crippen LogP contribution in [0, 0.1) is 13.8 Å². The first-order chi connectivity index (χ1) is 9.22. The molecular weight excluding hydrogens is 238 g/mol. The summed E-state index contributed by atoms with van der Waals surface area (Å²) in [6, 6.07) is 4.22. The van der Waals surface area contributed by atoms with Crippen molar-refractivity contribution < 1.29 is 4.74 Å². The molecule has 0 bridgehead atoms. The molecule has 0 saturated carbocycles. The molecule has 0 unspecified atom stereocenters. The second-order valence-electron chi connectivity index (χ2n) is 5.13. The maximum Gasteiger partial charge on any atom is 0.122 e. The van der Waals surface area contributed by atoms with Crippen LogP contribution in [0.5, 0.6) is 5.75 Å². The molecule has 1 heterocycles. The molecule has 1 saturated heterocycles. The van der Waals surface area contributed by atoms with Gasteiger partial charge in [0.1, 0.15) is 5.75 Å². The second kappa shape index (κ2) is 6.89. The highest BCUT2D eigenvalue weighted by Crippen LogP contribution is 2.23. The van der Waals surface area contributed by atoms with Gasteiger partial charge in [-0.3, -0.25) is 4.90 Å². The Hall–Kier alpha value is -1.10. The van der Waals surface area contributed by atoms with Crippen molar-refractivity contribution in [2.45, 2.75) is 20.4 Å². The van der Waals surface area contributed by atoms with Crippen molar-refractivity contribution in [1.29, 1.82) is 0 Å². The van der Waals surface area contributed by atoms with E-state index in [9.17, 15) is 0 Å². The van der Waals surface area contributed by atoms with Gasteiger partial charge < -0.3 is 15.4 Å². The van der Waals surface area contributed by atoms with E-state index in [0.29, 0.717) is 0 Å².